The van der Waals surface area contributed by atoms with Crippen LogP contribution in [0.15, 0.2) is 0 Å². The maximum atomic E-state index is 11.2. The maximum Gasteiger partial charge on any atom is 0.217 e. The van der Waals surface area contributed by atoms with Crippen molar-refractivity contribution in [2.45, 2.75) is 39.5 Å². The lowest BCUT2D eigenvalue weighted by Gasteiger charge is -2.05. The molecule has 0 fully saturated rings. The summed E-state index contributed by atoms with van der Waals surface area (Å²) in [5, 5.41) is 0. The van der Waals surface area contributed by atoms with Gasteiger partial charge in [0.25, 0.3) is 0 Å². The number of carbonyl (C=O) groups is 2. The summed E-state index contributed by atoms with van der Waals surface area (Å²) in [7, 11) is 0. The molecule has 0 saturated heterocycles. The molecule has 1 amide bonds. The zero-order chi connectivity index (χ0) is 9.56. The molecule has 0 aliphatic rings. The van der Waals surface area contributed by atoms with E-state index in [1.165, 1.54) is 0 Å². The highest BCUT2D eigenvalue weighted by Crippen LogP contribution is 2.07. The van der Waals surface area contributed by atoms with Crippen LogP contribution in [0.1, 0.15) is 39.5 Å². The average Bonchev–Trinajstić information content (AvgIpc) is 2.02. The molecule has 0 rings (SSSR count). The molecule has 3 heteroatoms. The fourth-order valence-corrected chi connectivity index (χ4v) is 0.911. The molecule has 0 aliphatic heterocycles. The van der Waals surface area contributed by atoms with Crippen molar-refractivity contribution in [3.63, 3.8) is 0 Å². The predicted molar refractivity (Wildman–Crippen MR) is 47.5 cm³/mol. The summed E-state index contributed by atoms with van der Waals surface area (Å²) in [5.74, 6) is 0.0311. The van der Waals surface area contributed by atoms with E-state index in [1.54, 1.807) is 0 Å². The van der Waals surface area contributed by atoms with Gasteiger partial charge in [-0.3, -0.25) is 9.59 Å². The number of hydrogen-bond donors (Lipinski definition) is 1. The molecule has 1 unspecified atom stereocenters. The van der Waals surface area contributed by atoms with Gasteiger partial charge in [-0.1, -0.05) is 13.8 Å². The molecule has 1 atom stereocenters. The standard InChI is InChI=1S/C9H17NO2/c1-3-7(2)8(11)5-4-6-9(10)12/h7H,3-6H2,1-2H3,(H2,10,12). The normalized spacial score (nSPS) is 12.5. The number of hydrogen-bond acceptors (Lipinski definition) is 2. The Balaban J connectivity index is 3.50. The third-order valence-electron chi connectivity index (χ3n) is 2.01. The second kappa shape index (κ2) is 5.75. The lowest BCUT2D eigenvalue weighted by molar-refractivity contribution is -0.122. The monoisotopic (exact) mass is 171 g/mol. The molecule has 0 radical (unpaired) electrons. The van der Waals surface area contributed by atoms with E-state index in [-0.39, 0.29) is 17.6 Å². The molecule has 0 aromatic heterocycles. The number of amides is 1. The van der Waals surface area contributed by atoms with Gasteiger partial charge in [0.1, 0.15) is 5.78 Å². The van der Waals surface area contributed by atoms with Gasteiger partial charge >= 0.3 is 0 Å². The maximum absolute atomic E-state index is 11.2. The lowest BCUT2D eigenvalue weighted by atomic mass is 9.99. The Morgan fingerprint density at radius 3 is 2.33 bits per heavy atom. The molecular formula is C9H17NO2. The van der Waals surface area contributed by atoms with Crippen LogP contribution in [0.4, 0.5) is 0 Å². The first-order chi connectivity index (χ1) is 5.57. The van der Waals surface area contributed by atoms with Gasteiger partial charge in [0.05, 0.1) is 0 Å². The van der Waals surface area contributed by atoms with Gasteiger partial charge in [-0.25, -0.2) is 0 Å². The van der Waals surface area contributed by atoms with Gasteiger partial charge in [-0.15, -0.1) is 0 Å². The van der Waals surface area contributed by atoms with Crippen LogP contribution in [0.3, 0.4) is 0 Å². The number of carbonyl (C=O) groups excluding carboxylic acids is 2. The summed E-state index contributed by atoms with van der Waals surface area (Å²) in [6.45, 7) is 3.89. The van der Waals surface area contributed by atoms with E-state index in [1.807, 2.05) is 13.8 Å². The van der Waals surface area contributed by atoms with Gasteiger partial charge in [0, 0.05) is 18.8 Å². The fraction of sp³-hybridized carbons (Fsp3) is 0.778. The van der Waals surface area contributed by atoms with Gasteiger partial charge in [0.15, 0.2) is 0 Å². The van der Waals surface area contributed by atoms with E-state index < -0.39 is 0 Å². The number of nitrogens with two attached hydrogens (primary N) is 1. The van der Waals surface area contributed by atoms with Crippen molar-refractivity contribution in [1.29, 1.82) is 0 Å². The first-order valence-electron chi connectivity index (χ1n) is 4.39. The zero-order valence-electron chi connectivity index (χ0n) is 7.80. The highest BCUT2D eigenvalue weighted by Gasteiger charge is 2.09. The highest BCUT2D eigenvalue weighted by molar-refractivity contribution is 5.81. The molecule has 0 bridgehead atoms. The largest absolute Gasteiger partial charge is 0.370 e. The highest BCUT2D eigenvalue weighted by atomic mass is 16.1. The quantitative estimate of drug-likeness (QED) is 0.654. The summed E-state index contributed by atoms with van der Waals surface area (Å²) in [6.07, 6.45) is 2.27. The molecule has 0 heterocycles. The fourth-order valence-electron chi connectivity index (χ4n) is 0.911. The van der Waals surface area contributed by atoms with Crippen LogP contribution in [-0.4, -0.2) is 11.7 Å². The van der Waals surface area contributed by atoms with E-state index in [0.717, 1.165) is 6.42 Å². The van der Waals surface area contributed by atoms with Crippen molar-refractivity contribution in [2.24, 2.45) is 11.7 Å². The number of ketones is 1. The minimum atomic E-state index is -0.327. The zero-order valence-corrected chi connectivity index (χ0v) is 7.80. The summed E-state index contributed by atoms with van der Waals surface area (Å²) in [6, 6.07) is 0. The molecule has 70 valence electrons. The second-order valence-corrected chi connectivity index (χ2v) is 3.10. The Labute approximate surface area is 73.3 Å². The number of primary amides is 1. The summed E-state index contributed by atoms with van der Waals surface area (Å²) in [5.41, 5.74) is 4.94. The minimum absolute atomic E-state index is 0.123. The third-order valence-corrected chi connectivity index (χ3v) is 2.01. The van der Waals surface area contributed by atoms with E-state index in [4.69, 9.17) is 5.73 Å². The summed E-state index contributed by atoms with van der Waals surface area (Å²) < 4.78 is 0. The van der Waals surface area contributed by atoms with Crippen LogP contribution in [0.2, 0.25) is 0 Å². The van der Waals surface area contributed by atoms with Crippen molar-refractivity contribution in [1.82, 2.24) is 0 Å². The molecular weight excluding hydrogens is 154 g/mol. The topological polar surface area (TPSA) is 60.2 Å². The molecule has 3 nitrogen and oxygen atoms in total. The number of Topliss-reactive ketones (excluding diaryl/α,β-unsaturated/α-hetero) is 1. The first-order valence-corrected chi connectivity index (χ1v) is 4.39. The van der Waals surface area contributed by atoms with Crippen LogP contribution >= 0.6 is 0 Å². The molecule has 0 aliphatic carbocycles. The third kappa shape index (κ3) is 4.88. The van der Waals surface area contributed by atoms with Gasteiger partial charge < -0.3 is 5.73 Å². The molecule has 2 N–H and O–H groups in total. The molecule has 0 spiro atoms. The molecule has 0 aromatic carbocycles. The smallest absolute Gasteiger partial charge is 0.217 e. The molecule has 12 heavy (non-hydrogen) atoms. The Kier molecular flexibility index (Phi) is 5.34. The van der Waals surface area contributed by atoms with Crippen LogP contribution in [-0.2, 0) is 9.59 Å². The van der Waals surface area contributed by atoms with Gasteiger partial charge in [-0.2, -0.15) is 0 Å². The van der Waals surface area contributed by atoms with E-state index in [0.29, 0.717) is 19.3 Å². The molecule has 0 saturated carbocycles. The van der Waals surface area contributed by atoms with E-state index in [2.05, 4.69) is 0 Å². The van der Waals surface area contributed by atoms with Crippen molar-refractivity contribution in [3.8, 4) is 0 Å². The van der Waals surface area contributed by atoms with Crippen LogP contribution in [0.5, 0.6) is 0 Å². The van der Waals surface area contributed by atoms with Gasteiger partial charge in [0.2, 0.25) is 5.91 Å². The first kappa shape index (κ1) is 11.1. The van der Waals surface area contributed by atoms with Crippen LogP contribution in [0.25, 0.3) is 0 Å². The molecule has 0 aromatic rings. The van der Waals surface area contributed by atoms with Crippen molar-refractivity contribution in [2.75, 3.05) is 0 Å². The Morgan fingerprint density at radius 1 is 1.33 bits per heavy atom. The SMILES string of the molecule is CCC(C)C(=O)CCCC(N)=O. The summed E-state index contributed by atoms with van der Waals surface area (Å²) in [4.78, 5) is 21.5. The predicted octanol–water partition coefficient (Wildman–Crippen LogP) is 1.26. The van der Waals surface area contributed by atoms with Gasteiger partial charge in [-0.05, 0) is 12.8 Å². The van der Waals surface area contributed by atoms with E-state index in [9.17, 15) is 9.59 Å². The Morgan fingerprint density at radius 2 is 1.92 bits per heavy atom. The minimum Gasteiger partial charge on any atom is -0.370 e. The average molecular weight is 171 g/mol. The van der Waals surface area contributed by atoms with Crippen molar-refractivity contribution in [3.05, 3.63) is 0 Å². The Hall–Kier alpha value is -0.860. The van der Waals surface area contributed by atoms with Crippen molar-refractivity contribution < 1.29 is 9.59 Å². The van der Waals surface area contributed by atoms with Crippen LogP contribution in [0, 0.1) is 5.92 Å². The second-order valence-electron chi connectivity index (χ2n) is 3.10. The van der Waals surface area contributed by atoms with E-state index >= 15 is 0 Å². The summed E-state index contributed by atoms with van der Waals surface area (Å²) >= 11 is 0. The van der Waals surface area contributed by atoms with Crippen LogP contribution < -0.4 is 5.73 Å². The Bertz CT molecular complexity index is 166. The number of rotatable bonds is 6. The van der Waals surface area contributed by atoms with Crippen molar-refractivity contribution >= 4 is 11.7 Å². The lowest BCUT2D eigenvalue weighted by Crippen LogP contribution is -2.13.